The number of piperidine rings is 1. The summed E-state index contributed by atoms with van der Waals surface area (Å²) >= 11 is 0. The standard InChI is InChI=1S/C22H24N4O2/c1-16-3-2-4-17(13-16)15-25-11-8-18(9-12-25)24-21-5-6-22(26(27)28)20-14-23-10-7-19(20)21/h2-7,10,13-14,18,24H,8-9,11-12,15H2,1H3. The van der Waals surface area contributed by atoms with Crippen molar-refractivity contribution in [3.8, 4) is 0 Å². The lowest BCUT2D eigenvalue weighted by atomic mass is 10.0. The van der Waals surface area contributed by atoms with Crippen LogP contribution in [0.4, 0.5) is 11.4 Å². The second-order valence-corrected chi connectivity index (χ2v) is 7.49. The number of pyridine rings is 1. The number of nitrogens with zero attached hydrogens (tertiary/aromatic N) is 3. The Labute approximate surface area is 164 Å². The minimum Gasteiger partial charge on any atom is -0.382 e. The normalized spacial score (nSPS) is 15.6. The molecule has 0 radical (unpaired) electrons. The summed E-state index contributed by atoms with van der Waals surface area (Å²) in [6.45, 7) is 5.19. The van der Waals surface area contributed by atoms with Gasteiger partial charge >= 0.3 is 0 Å². The Morgan fingerprint density at radius 2 is 2.00 bits per heavy atom. The molecule has 2 heterocycles. The third kappa shape index (κ3) is 3.97. The topological polar surface area (TPSA) is 71.3 Å². The number of anilines is 1. The van der Waals surface area contributed by atoms with E-state index in [0.29, 0.717) is 11.4 Å². The Balaban J connectivity index is 1.43. The number of fused-ring (bicyclic) bond motifs is 1. The molecule has 0 bridgehead atoms. The van der Waals surface area contributed by atoms with Crippen molar-refractivity contribution >= 4 is 22.1 Å². The molecule has 0 amide bonds. The summed E-state index contributed by atoms with van der Waals surface area (Å²) in [6, 6.07) is 14.3. The van der Waals surface area contributed by atoms with Crippen molar-refractivity contribution < 1.29 is 4.92 Å². The van der Waals surface area contributed by atoms with Gasteiger partial charge in [-0.1, -0.05) is 29.8 Å². The van der Waals surface area contributed by atoms with E-state index in [-0.39, 0.29) is 10.6 Å². The van der Waals surface area contributed by atoms with Crippen molar-refractivity contribution in [2.24, 2.45) is 0 Å². The zero-order valence-electron chi connectivity index (χ0n) is 16.0. The van der Waals surface area contributed by atoms with E-state index >= 15 is 0 Å². The molecular weight excluding hydrogens is 352 g/mol. The number of rotatable bonds is 5. The van der Waals surface area contributed by atoms with E-state index in [9.17, 15) is 10.1 Å². The fraction of sp³-hybridized carbons (Fsp3) is 0.318. The van der Waals surface area contributed by atoms with Crippen LogP contribution in [0.25, 0.3) is 10.8 Å². The SMILES string of the molecule is Cc1cccc(CN2CCC(Nc3ccc([N+](=O)[O-])c4cnccc34)CC2)c1. The quantitative estimate of drug-likeness (QED) is 0.523. The van der Waals surface area contributed by atoms with Crippen LogP contribution >= 0.6 is 0 Å². The first-order valence-corrected chi connectivity index (χ1v) is 9.66. The van der Waals surface area contributed by atoms with Gasteiger partial charge in [-0.15, -0.1) is 0 Å². The van der Waals surface area contributed by atoms with E-state index in [1.54, 1.807) is 18.5 Å². The lowest BCUT2D eigenvalue weighted by Gasteiger charge is -2.33. The van der Waals surface area contributed by atoms with E-state index in [0.717, 1.165) is 43.5 Å². The van der Waals surface area contributed by atoms with Crippen LogP contribution < -0.4 is 5.32 Å². The molecule has 144 valence electrons. The largest absolute Gasteiger partial charge is 0.382 e. The number of nitro groups is 1. The van der Waals surface area contributed by atoms with Gasteiger partial charge in [0.1, 0.15) is 0 Å². The summed E-state index contributed by atoms with van der Waals surface area (Å²) < 4.78 is 0. The molecule has 0 atom stereocenters. The first kappa shape index (κ1) is 18.4. The summed E-state index contributed by atoms with van der Waals surface area (Å²) in [5.74, 6) is 0. The summed E-state index contributed by atoms with van der Waals surface area (Å²) in [5, 5.41) is 16.3. The van der Waals surface area contributed by atoms with E-state index < -0.39 is 0 Å². The number of nitro benzene ring substituents is 1. The molecule has 0 saturated carbocycles. The highest BCUT2D eigenvalue weighted by molar-refractivity contribution is 5.99. The average Bonchev–Trinajstić information content (AvgIpc) is 2.69. The van der Waals surface area contributed by atoms with Crippen molar-refractivity contribution in [3.05, 3.63) is 76.1 Å². The van der Waals surface area contributed by atoms with Crippen molar-refractivity contribution in [2.45, 2.75) is 32.4 Å². The predicted molar refractivity (Wildman–Crippen MR) is 111 cm³/mol. The summed E-state index contributed by atoms with van der Waals surface area (Å²) in [7, 11) is 0. The van der Waals surface area contributed by atoms with Gasteiger partial charge in [-0.2, -0.15) is 0 Å². The van der Waals surface area contributed by atoms with Crippen molar-refractivity contribution in [3.63, 3.8) is 0 Å². The predicted octanol–water partition coefficient (Wildman–Crippen LogP) is 4.53. The molecule has 6 heteroatoms. The van der Waals surface area contributed by atoms with Gasteiger partial charge < -0.3 is 5.32 Å². The van der Waals surface area contributed by atoms with Gasteiger partial charge in [0.25, 0.3) is 5.69 Å². The van der Waals surface area contributed by atoms with Gasteiger partial charge in [-0.3, -0.25) is 20.0 Å². The maximum atomic E-state index is 11.3. The number of non-ortho nitro benzene ring substituents is 1. The van der Waals surface area contributed by atoms with Crippen molar-refractivity contribution in [1.29, 1.82) is 0 Å². The Kier molecular flexibility index (Phi) is 5.21. The molecule has 4 rings (SSSR count). The molecule has 6 nitrogen and oxygen atoms in total. The maximum Gasteiger partial charge on any atom is 0.278 e. The minimum atomic E-state index is -0.350. The summed E-state index contributed by atoms with van der Waals surface area (Å²) in [6.07, 6.45) is 5.36. The van der Waals surface area contributed by atoms with Gasteiger partial charge in [-0.05, 0) is 37.5 Å². The summed E-state index contributed by atoms with van der Waals surface area (Å²) in [4.78, 5) is 17.5. The molecule has 0 spiro atoms. The Hall–Kier alpha value is -2.99. The zero-order chi connectivity index (χ0) is 19.5. The fourth-order valence-corrected chi connectivity index (χ4v) is 3.98. The van der Waals surface area contributed by atoms with Crippen LogP contribution in [-0.4, -0.2) is 33.9 Å². The molecule has 0 unspecified atom stereocenters. The first-order chi connectivity index (χ1) is 13.6. The second kappa shape index (κ2) is 7.94. The molecule has 1 aliphatic rings. The van der Waals surface area contributed by atoms with Crippen molar-refractivity contribution in [1.82, 2.24) is 9.88 Å². The van der Waals surface area contributed by atoms with Crippen LogP contribution in [0.1, 0.15) is 24.0 Å². The highest BCUT2D eigenvalue weighted by Crippen LogP contribution is 2.32. The molecule has 2 aromatic carbocycles. The first-order valence-electron chi connectivity index (χ1n) is 9.66. The third-order valence-electron chi connectivity index (χ3n) is 5.43. The number of hydrogen-bond acceptors (Lipinski definition) is 5. The number of hydrogen-bond donors (Lipinski definition) is 1. The highest BCUT2D eigenvalue weighted by atomic mass is 16.6. The van der Waals surface area contributed by atoms with Crippen LogP contribution in [0.2, 0.25) is 0 Å². The molecule has 1 aliphatic heterocycles. The highest BCUT2D eigenvalue weighted by Gasteiger charge is 2.21. The summed E-state index contributed by atoms with van der Waals surface area (Å²) in [5.41, 5.74) is 3.70. The average molecular weight is 376 g/mol. The van der Waals surface area contributed by atoms with Crippen LogP contribution in [0, 0.1) is 17.0 Å². The molecule has 1 fully saturated rings. The van der Waals surface area contributed by atoms with E-state index in [4.69, 9.17) is 0 Å². The number of benzene rings is 2. The number of likely N-dealkylation sites (tertiary alicyclic amines) is 1. The number of aryl methyl sites for hydroxylation is 1. The smallest absolute Gasteiger partial charge is 0.278 e. The molecular formula is C22H24N4O2. The number of aromatic nitrogens is 1. The lowest BCUT2D eigenvalue weighted by molar-refractivity contribution is -0.383. The third-order valence-corrected chi connectivity index (χ3v) is 5.43. The van der Waals surface area contributed by atoms with E-state index in [2.05, 4.69) is 46.4 Å². The van der Waals surface area contributed by atoms with Crippen LogP contribution in [0.5, 0.6) is 0 Å². The Morgan fingerprint density at radius 1 is 1.18 bits per heavy atom. The molecule has 0 aliphatic carbocycles. The lowest BCUT2D eigenvalue weighted by Crippen LogP contribution is -2.38. The van der Waals surface area contributed by atoms with Crippen LogP contribution in [-0.2, 0) is 6.54 Å². The van der Waals surface area contributed by atoms with Crippen LogP contribution in [0.15, 0.2) is 54.9 Å². The van der Waals surface area contributed by atoms with Gasteiger partial charge in [0.2, 0.25) is 0 Å². The van der Waals surface area contributed by atoms with E-state index in [1.807, 2.05) is 12.1 Å². The molecule has 1 aromatic heterocycles. The van der Waals surface area contributed by atoms with Gasteiger partial charge in [0.05, 0.1) is 10.3 Å². The second-order valence-electron chi connectivity index (χ2n) is 7.49. The number of nitrogens with one attached hydrogen (secondary N) is 1. The van der Waals surface area contributed by atoms with Crippen LogP contribution in [0.3, 0.4) is 0 Å². The van der Waals surface area contributed by atoms with Crippen molar-refractivity contribution in [2.75, 3.05) is 18.4 Å². The maximum absolute atomic E-state index is 11.3. The Morgan fingerprint density at radius 3 is 2.75 bits per heavy atom. The molecule has 28 heavy (non-hydrogen) atoms. The monoisotopic (exact) mass is 376 g/mol. The van der Waals surface area contributed by atoms with Gasteiger partial charge in [0, 0.05) is 55.2 Å². The minimum absolute atomic E-state index is 0.0987. The molecule has 3 aromatic rings. The zero-order valence-corrected chi connectivity index (χ0v) is 16.0. The van der Waals surface area contributed by atoms with Gasteiger partial charge in [0.15, 0.2) is 0 Å². The molecule has 1 saturated heterocycles. The fourth-order valence-electron chi connectivity index (χ4n) is 3.98. The van der Waals surface area contributed by atoms with Gasteiger partial charge in [-0.25, -0.2) is 0 Å². The molecule has 1 N–H and O–H groups in total. The Bertz CT molecular complexity index is 997. The van der Waals surface area contributed by atoms with E-state index in [1.165, 1.54) is 11.1 Å².